The molecule has 2 aromatic rings. The van der Waals surface area contributed by atoms with Crippen molar-refractivity contribution in [2.45, 2.75) is 11.6 Å². The summed E-state index contributed by atoms with van der Waals surface area (Å²) >= 11 is 1.36. The van der Waals surface area contributed by atoms with Crippen LogP contribution in [0.4, 0.5) is 11.9 Å². The highest BCUT2D eigenvalue weighted by Crippen LogP contribution is 2.18. The van der Waals surface area contributed by atoms with Crippen molar-refractivity contribution in [2.24, 2.45) is 0 Å². The van der Waals surface area contributed by atoms with E-state index in [4.69, 9.17) is 16.2 Å². The van der Waals surface area contributed by atoms with Crippen molar-refractivity contribution in [3.8, 4) is 0 Å². The molecule has 2 heterocycles. The van der Waals surface area contributed by atoms with Gasteiger partial charge in [0.1, 0.15) is 5.03 Å². The molecule has 0 spiro atoms. The van der Waals surface area contributed by atoms with Crippen LogP contribution in [0.5, 0.6) is 0 Å². The van der Waals surface area contributed by atoms with Crippen molar-refractivity contribution in [2.75, 3.05) is 17.7 Å². The minimum absolute atomic E-state index is 0.0188. The Morgan fingerprint density at radius 2 is 2.00 bits per heavy atom. The average Bonchev–Trinajstić information content (AvgIpc) is 2.43. The van der Waals surface area contributed by atoms with Crippen LogP contribution in [0.25, 0.3) is 0 Å². The largest absolute Gasteiger partial charge is 0.454 e. The van der Waals surface area contributed by atoms with Crippen LogP contribution in [0.2, 0.25) is 0 Å². The third-order valence-corrected chi connectivity index (χ3v) is 2.95. The first kappa shape index (κ1) is 14.0. The van der Waals surface area contributed by atoms with Crippen LogP contribution < -0.4 is 11.5 Å². The van der Waals surface area contributed by atoms with Gasteiger partial charge in [-0.3, -0.25) is 0 Å². The van der Waals surface area contributed by atoms with Crippen LogP contribution in [0.15, 0.2) is 23.4 Å². The zero-order valence-corrected chi connectivity index (χ0v) is 11.4. The number of esters is 1. The molecule has 0 aromatic carbocycles. The number of nitrogens with two attached hydrogens (primary N) is 2. The summed E-state index contributed by atoms with van der Waals surface area (Å²) in [7, 11) is 0. The summed E-state index contributed by atoms with van der Waals surface area (Å²) in [5.74, 6) is -0.359. The highest BCUT2D eigenvalue weighted by molar-refractivity contribution is 7.98. The molecule has 0 bridgehead atoms. The topological polar surface area (TPSA) is 130 Å². The van der Waals surface area contributed by atoms with Crippen molar-refractivity contribution in [1.29, 1.82) is 0 Å². The van der Waals surface area contributed by atoms with E-state index in [1.807, 2.05) is 6.26 Å². The first-order valence-corrected chi connectivity index (χ1v) is 6.74. The molecule has 2 aromatic heterocycles. The van der Waals surface area contributed by atoms with Crippen molar-refractivity contribution in [1.82, 2.24) is 19.9 Å². The minimum atomic E-state index is -0.514. The molecule has 0 amide bonds. The molecule has 0 radical (unpaired) electrons. The second-order valence-corrected chi connectivity index (χ2v) is 4.40. The molecular formula is C11H12N6O2S. The minimum Gasteiger partial charge on any atom is -0.454 e. The van der Waals surface area contributed by atoms with E-state index in [-0.39, 0.29) is 24.3 Å². The number of carbonyl (C=O) groups excluding carboxylic acids is 1. The molecule has 8 nitrogen and oxygen atoms in total. The van der Waals surface area contributed by atoms with Crippen LogP contribution in [0.1, 0.15) is 16.2 Å². The lowest BCUT2D eigenvalue weighted by Gasteiger charge is -2.07. The Labute approximate surface area is 119 Å². The van der Waals surface area contributed by atoms with Gasteiger partial charge in [0.25, 0.3) is 0 Å². The van der Waals surface area contributed by atoms with Crippen molar-refractivity contribution < 1.29 is 9.53 Å². The maximum atomic E-state index is 12.0. The fourth-order valence-electron chi connectivity index (χ4n) is 1.44. The molecular weight excluding hydrogens is 280 g/mol. The van der Waals surface area contributed by atoms with Crippen LogP contribution >= 0.6 is 11.8 Å². The van der Waals surface area contributed by atoms with Gasteiger partial charge in [0.05, 0.1) is 5.56 Å². The number of anilines is 2. The number of nitrogen functional groups attached to an aromatic ring is 2. The molecule has 0 unspecified atom stereocenters. The quantitative estimate of drug-likeness (QED) is 0.611. The number of hydrogen-bond acceptors (Lipinski definition) is 9. The Morgan fingerprint density at radius 1 is 1.30 bits per heavy atom. The van der Waals surface area contributed by atoms with E-state index >= 15 is 0 Å². The van der Waals surface area contributed by atoms with Crippen LogP contribution in [0.3, 0.4) is 0 Å². The Balaban J connectivity index is 2.08. The van der Waals surface area contributed by atoms with Gasteiger partial charge in [-0.25, -0.2) is 9.78 Å². The first-order chi connectivity index (χ1) is 9.60. The highest BCUT2D eigenvalue weighted by atomic mass is 32.2. The summed E-state index contributed by atoms with van der Waals surface area (Å²) in [4.78, 5) is 27.3. The number of pyridine rings is 1. The van der Waals surface area contributed by atoms with E-state index in [2.05, 4.69) is 19.9 Å². The number of ether oxygens (including phenoxy) is 1. The molecule has 4 N–H and O–H groups in total. The molecule has 20 heavy (non-hydrogen) atoms. The summed E-state index contributed by atoms with van der Waals surface area (Å²) in [5, 5.41) is 0.590. The summed E-state index contributed by atoms with van der Waals surface area (Å²) in [6.45, 7) is -0.140. The van der Waals surface area contributed by atoms with Gasteiger partial charge in [-0.15, -0.1) is 11.8 Å². The van der Waals surface area contributed by atoms with E-state index in [9.17, 15) is 4.79 Å². The van der Waals surface area contributed by atoms with E-state index in [1.165, 1.54) is 11.8 Å². The number of rotatable bonds is 4. The van der Waals surface area contributed by atoms with E-state index in [1.54, 1.807) is 18.3 Å². The Morgan fingerprint density at radius 3 is 2.65 bits per heavy atom. The van der Waals surface area contributed by atoms with Gasteiger partial charge in [-0.1, -0.05) is 0 Å². The zero-order chi connectivity index (χ0) is 14.5. The smallest absolute Gasteiger partial charge is 0.341 e. The van der Waals surface area contributed by atoms with E-state index in [0.29, 0.717) is 10.6 Å². The van der Waals surface area contributed by atoms with Crippen molar-refractivity contribution >= 4 is 29.6 Å². The molecule has 104 valence electrons. The summed E-state index contributed by atoms with van der Waals surface area (Å²) < 4.78 is 5.11. The maximum Gasteiger partial charge on any atom is 0.341 e. The van der Waals surface area contributed by atoms with Gasteiger partial charge < -0.3 is 16.2 Å². The van der Waals surface area contributed by atoms with Crippen LogP contribution in [-0.4, -0.2) is 32.2 Å². The number of thioether (sulfide) groups is 1. The second kappa shape index (κ2) is 6.15. The Kier molecular flexibility index (Phi) is 4.31. The average molecular weight is 292 g/mol. The van der Waals surface area contributed by atoms with E-state index < -0.39 is 5.97 Å². The van der Waals surface area contributed by atoms with Crippen molar-refractivity contribution in [3.05, 3.63) is 29.7 Å². The van der Waals surface area contributed by atoms with Crippen LogP contribution in [0, 0.1) is 0 Å². The zero-order valence-electron chi connectivity index (χ0n) is 10.6. The summed E-state index contributed by atoms with van der Waals surface area (Å²) in [6, 6.07) is 3.30. The van der Waals surface area contributed by atoms with Gasteiger partial charge in [-0.2, -0.15) is 15.0 Å². The number of nitrogens with zero attached hydrogens (tertiary/aromatic N) is 4. The lowest BCUT2D eigenvalue weighted by Crippen LogP contribution is -2.12. The SMILES string of the molecule is CSc1ncccc1C(=O)OCc1nc(N)nc(N)n1. The molecule has 0 saturated carbocycles. The summed E-state index contributed by atoms with van der Waals surface area (Å²) in [5.41, 5.74) is 11.2. The molecule has 2 rings (SSSR count). The normalized spacial score (nSPS) is 10.2. The number of aromatic nitrogens is 4. The monoisotopic (exact) mass is 292 g/mol. The summed E-state index contributed by atoms with van der Waals surface area (Å²) in [6.07, 6.45) is 3.43. The molecule has 0 aliphatic heterocycles. The van der Waals surface area contributed by atoms with Crippen LogP contribution in [-0.2, 0) is 11.3 Å². The molecule has 0 fully saturated rings. The Bertz CT molecular complexity index is 616. The van der Waals surface area contributed by atoms with Gasteiger partial charge in [0, 0.05) is 6.20 Å². The van der Waals surface area contributed by atoms with Crippen molar-refractivity contribution in [3.63, 3.8) is 0 Å². The predicted molar refractivity (Wildman–Crippen MR) is 73.8 cm³/mol. The van der Waals surface area contributed by atoms with Gasteiger partial charge >= 0.3 is 5.97 Å². The molecule has 0 aliphatic rings. The lowest BCUT2D eigenvalue weighted by molar-refractivity contribution is 0.0457. The molecule has 9 heteroatoms. The standard InChI is InChI=1S/C11H12N6O2S/c1-20-8-6(3-2-4-14-8)9(18)19-5-7-15-10(12)17-11(13)16-7/h2-4H,5H2,1H3,(H4,12,13,15,16,17). The van der Waals surface area contributed by atoms with E-state index in [0.717, 1.165) is 0 Å². The maximum absolute atomic E-state index is 12.0. The van der Waals surface area contributed by atoms with Gasteiger partial charge in [0.15, 0.2) is 12.4 Å². The van der Waals surface area contributed by atoms with Gasteiger partial charge in [0.2, 0.25) is 11.9 Å². The third-order valence-electron chi connectivity index (χ3n) is 2.23. The molecule has 0 atom stereocenters. The highest BCUT2D eigenvalue weighted by Gasteiger charge is 2.14. The fraction of sp³-hybridized carbons (Fsp3) is 0.182. The fourth-order valence-corrected chi connectivity index (χ4v) is 1.98. The van der Waals surface area contributed by atoms with Gasteiger partial charge in [-0.05, 0) is 18.4 Å². The predicted octanol–water partition coefficient (Wildman–Crippen LogP) is 0.510. The second-order valence-electron chi connectivity index (χ2n) is 3.60. The Hall–Kier alpha value is -2.42. The lowest BCUT2D eigenvalue weighted by atomic mass is 10.3. The number of hydrogen-bond donors (Lipinski definition) is 2. The first-order valence-electron chi connectivity index (χ1n) is 5.52. The molecule has 0 saturated heterocycles. The molecule has 0 aliphatic carbocycles. The third kappa shape index (κ3) is 3.32. The number of carbonyl (C=O) groups is 1.